The fourth-order valence-corrected chi connectivity index (χ4v) is 2.43. The SMILES string of the molecule is Cc1ccc(NC(=O)CC2C(=O)Nc3ncnn32)c(Cl)c1. The van der Waals surface area contributed by atoms with Crippen LogP contribution < -0.4 is 10.6 Å². The highest BCUT2D eigenvalue weighted by molar-refractivity contribution is 6.33. The topological polar surface area (TPSA) is 88.9 Å². The molecule has 0 bridgehead atoms. The average Bonchev–Trinajstić information content (AvgIpc) is 2.96. The number of aromatic nitrogens is 3. The molecule has 1 aliphatic rings. The molecule has 1 unspecified atom stereocenters. The number of anilines is 2. The first-order valence-electron chi connectivity index (χ1n) is 6.31. The van der Waals surface area contributed by atoms with Crippen molar-refractivity contribution in [1.82, 2.24) is 14.8 Å². The summed E-state index contributed by atoms with van der Waals surface area (Å²) in [5, 5.41) is 9.65. The number of nitrogens with zero attached hydrogens (tertiary/aromatic N) is 3. The van der Waals surface area contributed by atoms with Gasteiger partial charge in [-0.1, -0.05) is 17.7 Å². The Labute approximate surface area is 125 Å². The van der Waals surface area contributed by atoms with Gasteiger partial charge in [0.1, 0.15) is 12.4 Å². The summed E-state index contributed by atoms with van der Waals surface area (Å²) in [7, 11) is 0. The summed E-state index contributed by atoms with van der Waals surface area (Å²) >= 11 is 6.06. The summed E-state index contributed by atoms with van der Waals surface area (Å²) in [6, 6.07) is 4.64. The maximum absolute atomic E-state index is 12.1. The Morgan fingerprint density at radius 1 is 1.52 bits per heavy atom. The van der Waals surface area contributed by atoms with Crippen LogP contribution in [-0.4, -0.2) is 26.6 Å². The number of benzene rings is 1. The van der Waals surface area contributed by atoms with E-state index in [1.165, 1.54) is 11.0 Å². The molecule has 0 saturated carbocycles. The third kappa shape index (κ3) is 2.59. The number of hydrogen-bond donors (Lipinski definition) is 2. The third-order valence-corrected chi connectivity index (χ3v) is 3.50. The number of rotatable bonds is 3. The lowest BCUT2D eigenvalue weighted by Crippen LogP contribution is -2.23. The average molecular weight is 306 g/mol. The van der Waals surface area contributed by atoms with Crippen LogP contribution in [0, 0.1) is 6.92 Å². The van der Waals surface area contributed by atoms with Crippen LogP contribution in [0.3, 0.4) is 0 Å². The Balaban J connectivity index is 1.71. The number of nitrogens with one attached hydrogen (secondary N) is 2. The quantitative estimate of drug-likeness (QED) is 0.904. The minimum atomic E-state index is -0.688. The van der Waals surface area contributed by atoms with Gasteiger partial charge in [0.2, 0.25) is 11.9 Å². The fraction of sp³-hybridized carbons (Fsp3) is 0.231. The molecule has 2 N–H and O–H groups in total. The highest BCUT2D eigenvalue weighted by atomic mass is 35.5. The van der Waals surface area contributed by atoms with Crippen molar-refractivity contribution in [2.75, 3.05) is 10.6 Å². The predicted molar refractivity (Wildman–Crippen MR) is 77.1 cm³/mol. The standard InChI is InChI=1S/C13H12ClN5O2/c1-7-2-3-9(8(14)4-7)17-11(20)5-10-12(21)18-13-15-6-16-19(10)13/h2-4,6,10H,5H2,1H3,(H,17,20)(H,15,16,18,21). The molecule has 1 atom stereocenters. The Kier molecular flexibility index (Phi) is 3.34. The van der Waals surface area contributed by atoms with Gasteiger partial charge in [0.25, 0.3) is 5.91 Å². The molecular formula is C13H12ClN5O2. The number of carbonyl (C=O) groups is 2. The van der Waals surface area contributed by atoms with Crippen LogP contribution in [0.5, 0.6) is 0 Å². The van der Waals surface area contributed by atoms with Gasteiger partial charge in [-0.25, -0.2) is 4.68 Å². The second-order valence-electron chi connectivity index (χ2n) is 4.77. The molecule has 2 amide bonds. The largest absolute Gasteiger partial charge is 0.325 e. The molecule has 7 nitrogen and oxygen atoms in total. The number of halogens is 1. The normalized spacial score (nSPS) is 16.5. The van der Waals surface area contributed by atoms with Crippen molar-refractivity contribution >= 4 is 35.1 Å². The highest BCUT2D eigenvalue weighted by Gasteiger charge is 2.33. The summed E-state index contributed by atoms with van der Waals surface area (Å²) in [6.07, 6.45) is 1.29. The number of aryl methyl sites for hydroxylation is 1. The van der Waals surface area contributed by atoms with E-state index in [-0.39, 0.29) is 18.2 Å². The maximum atomic E-state index is 12.1. The fourth-order valence-electron chi connectivity index (χ4n) is 2.15. The Bertz CT molecular complexity index is 727. The second-order valence-corrected chi connectivity index (χ2v) is 5.18. The molecular weight excluding hydrogens is 294 g/mol. The van der Waals surface area contributed by atoms with Crippen molar-refractivity contribution in [3.8, 4) is 0 Å². The van der Waals surface area contributed by atoms with Crippen molar-refractivity contribution in [3.05, 3.63) is 35.1 Å². The first-order valence-corrected chi connectivity index (χ1v) is 6.69. The molecule has 0 saturated heterocycles. The Morgan fingerprint density at radius 3 is 3.10 bits per heavy atom. The van der Waals surface area contributed by atoms with Gasteiger partial charge in [-0.2, -0.15) is 10.1 Å². The minimum absolute atomic E-state index is 0.0353. The molecule has 1 aliphatic heterocycles. The smallest absolute Gasteiger partial charge is 0.252 e. The van der Waals surface area contributed by atoms with E-state index < -0.39 is 6.04 Å². The molecule has 108 valence electrons. The first kappa shape index (κ1) is 13.6. The molecule has 0 fully saturated rings. The lowest BCUT2D eigenvalue weighted by molar-refractivity contribution is -0.123. The zero-order chi connectivity index (χ0) is 15.0. The zero-order valence-corrected chi connectivity index (χ0v) is 11.9. The molecule has 3 rings (SSSR count). The van der Waals surface area contributed by atoms with Crippen LogP contribution in [-0.2, 0) is 9.59 Å². The Hall–Kier alpha value is -2.41. The van der Waals surface area contributed by atoms with Crippen LogP contribution in [0.4, 0.5) is 11.6 Å². The molecule has 8 heteroatoms. The van der Waals surface area contributed by atoms with Gasteiger partial charge in [-0.05, 0) is 24.6 Å². The van der Waals surface area contributed by atoms with E-state index in [0.29, 0.717) is 16.7 Å². The molecule has 2 heterocycles. The lowest BCUT2D eigenvalue weighted by Gasteiger charge is -2.11. The first-order chi connectivity index (χ1) is 10.0. The molecule has 2 aromatic rings. The minimum Gasteiger partial charge on any atom is -0.325 e. The molecule has 1 aromatic carbocycles. The van der Waals surface area contributed by atoms with Gasteiger partial charge in [-0.3, -0.25) is 14.9 Å². The van der Waals surface area contributed by atoms with Crippen LogP contribution in [0.15, 0.2) is 24.5 Å². The second kappa shape index (κ2) is 5.17. The number of fused-ring (bicyclic) bond motifs is 1. The number of hydrogen-bond acceptors (Lipinski definition) is 4. The van der Waals surface area contributed by atoms with Crippen LogP contribution in [0.1, 0.15) is 18.0 Å². The van der Waals surface area contributed by atoms with Gasteiger partial charge in [-0.15, -0.1) is 0 Å². The molecule has 21 heavy (non-hydrogen) atoms. The van der Waals surface area contributed by atoms with E-state index in [4.69, 9.17) is 11.6 Å². The van der Waals surface area contributed by atoms with Crippen LogP contribution in [0.2, 0.25) is 5.02 Å². The molecule has 0 aliphatic carbocycles. The van der Waals surface area contributed by atoms with Crippen molar-refractivity contribution in [2.24, 2.45) is 0 Å². The monoisotopic (exact) mass is 305 g/mol. The molecule has 0 radical (unpaired) electrons. The molecule has 0 spiro atoms. The van der Waals surface area contributed by atoms with E-state index in [0.717, 1.165) is 5.56 Å². The van der Waals surface area contributed by atoms with E-state index in [1.807, 2.05) is 13.0 Å². The summed E-state index contributed by atoms with van der Waals surface area (Å²) < 4.78 is 1.40. The van der Waals surface area contributed by atoms with Crippen LogP contribution >= 0.6 is 11.6 Å². The third-order valence-electron chi connectivity index (χ3n) is 3.18. The van der Waals surface area contributed by atoms with Crippen molar-refractivity contribution in [3.63, 3.8) is 0 Å². The number of amides is 2. The lowest BCUT2D eigenvalue weighted by atomic mass is 10.2. The number of carbonyl (C=O) groups excluding carboxylic acids is 2. The Morgan fingerprint density at radius 2 is 2.33 bits per heavy atom. The zero-order valence-electron chi connectivity index (χ0n) is 11.1. The van der Waals surface area contributed by atoms with Gasteiger partial charge in [0.05, 0.1) is 17.1 Å². The highest BCUT2D eigenvalue weighted by Crippen LogP contribution is 2.26. The van der Waals surface area contributed by atoms with Gasteiger partial charge < -0.3 is 5.32 Å². The van der Waals surface area contributed by atoms with E-state index in [1.54, 1.807) is 12.1 Å². The van der Waals surface area contributed by atoms with Gasteiger partial charge in [0, 0.05) is 0 Å². The van der Waals surface area contributed by atoms with Crippen molar-refractivity contribution in [1.29, 1.82) is 0 Å². The maximum Gasteiger partial charge on any atom is 0.252 e. The van der Waals surface area contributed by atoms with Gasteiger partial charge in [0.15, 0.2) is 0 Å². The van der Waals surface area contributed by atoms with Crippen molar-refractivity contribution < 1.29 is 9.59 Å². The van der Waals surface area contributed by atoms with E-state index >= 15 is 0 Å². The summed E-state index contributed by atoms with van der Waals surface area (Å²) in [5.74, 6) is -0.258. The van der Waals surface area contributed by atoms with Crippen molar-refractivity contribution in [2.45, 2.75) is 19.4 Å². The summed E-state index contributed by atoms with van der Waals surface area (Å²) in [6.45, 7) is 1.91. The summed E-state index contributed by atoms with van der Waals surface area (Å²) in [4.78, 5) is 27.7. The van der Waals surface area contributed by atoms with E-state index in [2.05, 4.69) is 20.7 Å². The van der Waals surface area contributed by atoms with Crippen LogP contribution in [0.25, 0.3) is 0 Å². The predicted octanol–water partition coefficient (Wildman–Crippen LogP) is 1.76. The summed E-state index contributed by atoms with van der Waals surface area (Å²) in [5.41, 5.74) is 1.52. The molecule has 1 aromatic heterocycles. The van der Waals surface area contributed by atoms with Gasteiger partial charge >= 0.3 is 0 Å². The van der Waals surface area contributed by atoms with E-state index in [9.17, 15) is 9.59 Å².